The van der Waals surface area contributed by atoms with Crippen LogP contribution in [0.3, 0.4) is 0 Å². The lowest BCUT2D eigenvalue weighted by molar-refractivity contribution is -0.134. The van der Waals surface area contributed by atoms with Crippen LogP contribution in [0.2, 0.25) is 0 Å². The minimum atomic E-state index is 0.182. The normalized spacial score (nSPS) is 19.6. The molecule has 1 saturated heterocycles. The Hall–Kier alpha value is -2.02. The number of carbonyl (C=O) groups excluding carboxylic acids is 1. The number of rotatable bonds is 7. The Morgan fingerprint density at radius 1 is 1.18 bits per heavy atom. The Morgan fingerprint density at radius 3 is 2.50 bits per heavy atom. The minimum absolute atomic E-state index is 0.182. The first-order chi connectivity index (χ1) is 13.5. The van der Waals surface area contributed by atoms with Gasteiger partial charge in [-0.15, -0.1) is 10.2 Å². The van der Waals surface area contributed by atoms with E-state index in [1.165, 1.54) is 23.7 Å². The second-order valence-corrected chi connectivity index (χ2v) is 8.41. The van der Waals surface area contributed by atoms with E-state index in [9.17, 15) is 4.79 Å². The van der Waals surface area contributed by atoms with Crippen LogP contribution in [0.5, 0.6) is 5.75 Å². The number of ether oxygens (including phenoxy) is 1. The van der Waals surface area contributed by atoms with E-state index in [0.29, 0.717) is 24.4 Å². The van der Waals surface area contributed by atoms with E-state index in [-0.39, 0.29) is 5.91 Å². The number of amides is 1. The molecule has 2 atom stereocenters. The van der Waals surface area contributed by atoms with Gasteiger partial charge < -0.3 is 14.2 Å². The molecule has 28 heavy (non-hydrogen) atoms. The molecule has 152 valence electrons. The van der Waals surface area contributed by atoms with Crippen LogP contribution in [0.15, 0.2) is 29.4 Å². The lowest BCUT2D eigenvalue weighted by Gasteiger charge is -2.39. The van der Waals surface area contributed by atoms with Crippen molar-refractivity contribution in [2.24, 2.45) is 7.05 Å². The molecule has 1 fully saturated rings. The molecule has 0 aliphatic carbocycles. The molecule has 3 rings (SSSR count). The number of likely N-dealkylation sites (tertiary alicyclic amines) is 1. The first-order valence-electron chi connectivity index (χ1n) is 10.0. The predicted octanol–water partition coefficient (Wildman–Crippen LogP) is 3.84. The zero-order valence-corrected chi connectivity index (χ0v) is 18.0. The quantitative estimate of drug-likeness (QED) is 0.659. The van der Waals surface area contributed by atoms with Gasteiger partial charge in [-0.3, -0.25) is 4.79 Å². The molecule has 1 aromatic heterocycles. The van der Waals surface area contributed by atoms with Crippen molar-refractivity contribution >= 4 is 17.7 Å². The number of hydrogen-bond donors (Lipinski definition) is 0. The number of aromatic nitrogens is 3. The van der Waals surface area contributed by atoms with Gasteiger partial charge in [0.25, 0.3) is 0 Å². The molecule has 0 unspecified atom stereocenters. The Morgan fingerprint density at radius 2 is 1.86 bits per heavy atom. The number of benzene rings is 1. The highest BCUT2D eigenvalue weighted by molar-refractivity contribution is 7.99. The van der Waals surface area contributed by atoms with Gasteiger partial charge in [-0.1, -0.05) is 30.8 Å². The Labute approximate surface area is 171 Å². The number of aryl methyl sites for hydroxylation is 1. The summed E-state index contributed by atoms with van der Waals surface area (Å²) in [5, 5.41) is 9.20. The lowest BCUT2D eigenvalue weighted by atomic mass is 9.98. The fraction of sp³-hybridized carbons (Fsp3) is 0.571. The first-order valence-corrected chi connectivity index (χ1v) is 11.0. The van der Waals surface area contributed by atoms with Crippen LogP contribution in [-0.4, -0.2) is 43.4 Å². The van der Waals surface area contributed by atoms with Gasteiger partial charge in [0.15, 0.2) is 11.0 Å². The van der Waals surface area contributed by atoms with Crippen LogP contribution >= 0.6 is 11.8 Å². The van der Waals surface area contributed by atoms with Gasteiger partial charge in [0, 0.05) is 19.1 Å². The molecule has 0 bridgehead atoms. The average molecular weight is 403 g/mol. The van der Waals surface area contributed by atoms with Crippen molar-refractivity contribution in [3.8, 4) is 5.75 Å². The fourth-order valence-corrected chi connectivity index (χ4v) is 4.48. The summed E-state index contributed by atoms with van der Waals surface area (Å²) in [6.45, 7) is 6.77. The van der Waals surface area contributed by atoms with E-state index in [0.717, 1.165) is 36.0 Å². The van der Waals surface area contributed by atoms with E-state index in [1.807, 2.05) is 28.6 Å². The number of thioether (sulfide) groups is 1. The van der Waals surface area contributed by atoms with E-state index >= 15 is 0 Å². The highest BCUT2D eigenvalue weighted by Gasteiger charge is 2.29. The van der Waals surface area contributed by atoms with Crippen LogP contribution in [0.25, 0.3) is 0 Å². The molecule has 1 amide bonds. The largest absolute Gasteiger partial charge is 0.486 e. The highest BCUT2D eigenvalue weighted by Crippen LogP contribution is 2.25. The molecule has 1 aliphatic heterocycles. The summed E-state index contributed by atoms with van der Waals surface area (Å²) in [7, 11) is 1.91. The van der Waals surface area contributed by atoms with Gasteiger partial charge in [0.1, 0.15) is 12.4 Å². The maximum Gasteiger partial charge on any atom is 0.233 e. The van der Waals surface area contributed by atoms with Gasteiger partial charge in [0.05, 0.1) is 5.75 Å². The van der Waals surface area contributed by atoms with Crippen LogP contribution in [0.1, 0.15) is 51.4 Å². The van der Waals surface area contributed by atoms with Crippen LogP contribution in [0, 0.1) is 0 Å². The smallest absolute Gasteiger partial charge is 0.233 e. The highest BCUT2D eigenvalue weighted by atomic mass is 32.2. The summed E-state index contributed by atoms with van der Waals surface area (Å²) < 4.78 is 7.73. The summed E-state index contributed by atoms with van der Waals surface area (Å²) >= 11 is 1.44. The molecular formula is C21H30N4O2S. The summed E-state index contributed by atoms with van der Waals surface area (Å²) in [6.07, 6.45) is 4.39. The summed E-state index contributed by atoms with van der Waals surface area (Å²) in [4.78, 5) is 14.7. The van der Waals surface area contributed by atoms with Crippen molar-refractivity contribution in [2.45, 2.75) is 70.3 Å². The Bertz CT molecular complexity index is 780. The SMILES string of the molecule is CCc1ccc(OCc2nnc(SCC(=O)N3[C@H](C)CCC[C@H]3C)n2C)cc1. The number of carbonyl (C=O) groups is 1. The molecule has 7 heteroatoms. The molecule has 0 N–H and O–H groups in total. The molecule has 1 aromatic carbocycles. The predicted molar refractivity (Wildman–Crippen MR) is 112 cm³/mol. The van der Waals surface area contributed by atoms with Gasteiger partial charge in [-0.2, -0.15) is 0 Å². The summed E-state index contributed by atoms with van der Waals surface area (Å²) in [5.41, 5.74) is 1.28. The topological polar surface area (TPSA) is 60.3 Å². The zero-order valence-electron chi connectivity index (χ0n) is 17.2. The van der Waals surface area contributed by atoms with Crippen molar-refractivity contribution in [3.05, 3.63) is 35.7 Å². The molecule has 0 saturated carbocycles. The third kappa shape index (κ3) is 4.87. The van der Waals surface area contributed by atoms with Gasteiger partial charge >= 0.3 is 0 Å². The summed E-state index contributed by atoms with van der Waals surface area (Å²) in [6, 6.07) is 8.73. The number of nitrogens with zero attached hydrogens (tertiary/aromatic N) is 4. The second-order valence-electron chi connectivity index (χ2n) is 7.46. The van der Waals surface area contributed by atoms with Crippen molar-refractivity contribution in [2.75, 3.05) is 5.75 Å². The van der Waals surface area contributed by atoms with E-state index < -0.39 is 0 Å². The lowest BCUT2D eigenvalue weighted by Crippen LogP contribution is -2.48. The fourth-order valence-electron chi connectivity index (χ4n) is 3.68. The summed E-state index contributed by atoms with van der Waals surface area (Å²) in [5.74, 6) is 2.13. The van der Waals surface area contributed by atoms with Crippen molar-refractivity contribution in [3.63, 3.8) is 0 Å². The van der Waals surface area contributed by atoms with E-state index in [1.54, 1.807) is 0 Å². The monoisotopic (exact) mass is 402 g/mol. The van der Waals surface area contributed by atoms with E-state index in [4.69, 9.17) is 4.74 Å². The molecule has 2 aromatic rings. The average Bonchev–Trinajstić information content (AvgIpc) is 3.04. The molecule has 2 heterocycles. The Balaban J connectivity index is 1.54. The van der Waals surface area contributed by atoms with Crippen molar-refractivity contribution < 1.29 is 9.53 Å². The van der Waals surface area contributed by atoms with Gasteiger partial charge in [-0.25, -0.2) is 0 Å². The van der Waals surface area contributed by atoms with Gasteiger partial charge in [-0.05, 0) is 57.2 Å². The number of hydrogen-bond acceptors (Lipinski definition) is 5. The van der Waals surface area contributed by atoms with Crippen LogP contribution in [-0.2, 0) is 24.9 Å². The standard InChI is InChI=1S/C21H30N4O2S/c1-5-17-9-11-18(12-10-17)27-13-19-22-23-21(24(19)4)28-14-20(26)25-15(2)7-6-8-16(25)3/h9-12,15-16H,5-8,13-14H2,1-4H3/t15-,16-/m1/s1. The second kappa shape index (κ2) is 9.45. The van der Waals surface area contributed by atoms with Crippen LogP contribution in [0.4, 0.5) is 0 Å². The molecule has 0 spiro atoms. The molecule has 0 radical (unpaired) electrons. The third-order valence-electron chi connectivity index (χ3n) is 5.43. The van der Waals surface area contributed by atoms with E-state index in [2.05, 4.69) is 43.1 Å². The zero-order chi connectivity index (χ0) is 20.1. The van der Waals surface area contributed by atoms with Crippen molar-refractivity contribution in [1.29, 1.82) is 0 Å². The molecule has 6 nitrogen and oxygen atoms in total. The first kappa shape index (κ1) is 20.7. The van der Waals surface area contributed by atoms with Gasteiger partial charge in [0.2, 0.25) is 5.91 Å². The third-order valence-corrected chi connectivity index (χ3v) is 6.44. The maximum atomic E-state index is 12.7. The minimum Gasteiger partial charge on any atom is -0.486 e. The van der Waals surface area contributed by atoms with Crippen molar-refractivity contribution in [1.82, 2.24) is 19.7 Å². The number of piperidine rings is 1. The maximum absolute atomic E-state index is 12.7. The molecular weight excluding hydrogens is 372 g/mol. The van der Waals surface area contributed by atoms with Crippen LogP contribution < -0.4 is 4.74 Å². The Kier molecular flexibility index (Phi) is 6.99. The molecule has 1 aliphatic rings.